The van der Waals surface area contributed by atoms with Gasteiger partial charge in [-0.3, -0.25) is 0 Å². The molecule has 76 valence electrons. The molecule has 0 spiro atoms. The van der Waals surface area contributed by atoms with E-state index in [1.165, 1.54) is 49.7 Å². The minimum atomic E-state index is 0.928. The SMILES string of the molecule is C=C1CC1CC1CC(CC2CC2=C)C1. The molecule has 3 rings (SSSR count). The van der Waals surface area contributed by atoms with Crippen LogP contribution in [0, 0.1) is 23.7 Å². The highest BCUT2D eigenvalue weighted by Gasteiger charge is 2.39. The van der Waals surface area contributed by atoms with Crippen molar-refractivity contribution in [3.8, 4) is 0 Å². The maximum Gasteiger partial charge on any atom is -0.0166 e. The zero-order valence-corrected chi connectivity index (χ0v) is 8.97. The van der Waals surface area contributed by atoms with Crippen LogP contribution in [0.25, 0.3) is 0 Å². The summed E-state index contributed by atoms with van der Waals surface area (Å²) in [7, 11) is 0. The van der Waals surface area contributed by atoms with Crippen molar-refractivity contribution in [2.24, 2.45) is 23.7 Å². The smallest absolute Gasteiger partial charge is 0.0166 e. The van der Waals surface area contributed by atoms with Crippen molar-refractivity contribution < 1.29 is 0 Å². The van der Waals surface area contributed by atoms with Crippen LogP contribution in [0.2, 0.25) is 0 Å². The molecule has 0 heterocycles. The van der Waals surface area contributed by atoms with E-state index in [1.807, 2.05) is 0 Å². The molecule has 0 aromatic heterocycles. The molecule has 0 bridgehead atoms. The van der Waals surface area contributed by atoms with E-state index < -0.39 is 0 Å². The third-order valence-corrected chi connectivity index (χ3v) is 4.42. The van der Waals surface area contributed by atoms with Crippen molar-refractivity contribution >= 4 is 0 Å². The van der Waals surface area contributed by atoms with E-state index in [4.69, 9.17) is 0 Å². The van der Waals surface area contributed by atoms with Crippen LogP contribution in [-0.2, 0) is 0 Å². The molecule has 2 unspecified atom stereocenters. The molecule has 0 nitrogen and oxygen atoms in total. The number of hydrogen-bond acceptors (Lipinski definition) is 0. The normalized spacial score (nSPS) is 44.9. The molecule has 3 fully saturated rings. The molecule has 0 aromatic rings. The lowest BCUT2D eigenvalue weighted by Crippen LogP contribution is -2.24. The maximum atomic E-state index is 4.04. The second-order valence-electron chi connectivity index (χ2n) is 5.79. The van der Waals surface area contributed by atoms with Crippen LogP contribution in [0.1, 0.15) is 38.5 Å². The van der Waals surface area contributed by atoms with Crippen molar-refractivity contribution in [3.63, 3.8) is 0 Å². The molecule has 0 amide bonds. The largest absolute Gasteiger partial charge is 0.0995 e. The Bertz CT molecular complexity index is 252. The Balaban J connectivity index is 1.35. The Labute approximate surface area is 87.1 Å². The maximum absolute atomic E-state index is 4.04. The Morgan fingerprint density at radius 2 is 1.21 bits per heavy atom. The first-order chi connectivity index (χ1) is 6.72. The highest BCUT2D eigenvalue weighted by Crippen LogP contribution is 2.51. The van der Waals surface area contributed by atoms with Gasteiger partial charge < -0.3 is 0 Å². The monoisotopic (exact) mass is 188 g/mol. The van der Waals surface area contributed by atoms with Gasteiger partial charge in [0.05, 0.1) is 0 Å². The predicted octanol–water partition coefficient (Wildman–Crippen LogP) is 3.95. The van der Waals surface area contributed by atoms with Crippen molar-refractivity contribution in [1.82, 2.24) is 0 Å². The molecule has 0 aliphatic heterocycles. The summed E-state index contributed by atoms with van der Waals surface area (Å²) < 4.78 is 0. The van der Waals surface area contributed by atoms with Crippen molar-refractivity contribution in [3.05, 3.63) is 24.3 Å². The third-order valence-electron chi connectivity index (χ3n) is 4.42. The second kappa shape index (κ2) is 2.98. The van der Waals surface area contributed by atoms with Gasteiger partial charge in [0.2, 0.25) is 0 Å². The molecule has 0 aromatic carbocycles. The molecular weight excluding hydrogens is 168 g/mol. The Morgan fingerprint density at radius 3 is 1.50 bits per heavy atom. The van der Waals surface area contributed by atoms with E-state index in [0.717, 1.165) is 23.7 Å². The number of rotatable bonds is 4. The van der Waals surface area contributed by atoms with Gasteiger partial charge in [-0.05, 0) is 62.2 Å². The minimum Gasteiger partial charge on any atom is -0.0995 e. The highest BCUT2D eigenvalue weighted by atomic mass is 14.4. The molecule has 0 N–H and O–H groups in total. The molecule has 3 saturated carbocycles. The van der Waals surface area contributed by atoms with Gasteiger partial charge in [0, 0.05) is 0 Å². The van der Waals surface area contributed by atoms with Crippen LogP contribution in [0.4, 0.5) is 0 Å². The lowest BCUT2D eigenvalue weighted by Gasteiger charge is -2.35. The Hall–Kier alpha value is -0.520. The van der Waals surface area contributed by atoms with E-state index in [1.54, 1.807) is 0 Å². The second-order valence-corrected chi connectivity index (χ2v) is 5.79. The Morgan fingerprint density at radius 1 is 0.857 bits per heavy atom. The van der Waals surface area contributed by atoms with Crippen LogP contribution in [0.15, 0.2) is 24.3 Å². The molecule has 3 aliphatic carbocycles. The lowest BCUT2D eigenvalue weighted by atomic mass is 9.70. The van der Waals surface area contributed by atoms with E-state index in [9.17, 15) is 0 Å². The summed E-state index contributed by atoms with van der Waals surface area (Å²) in [4.78, 5) is 0. The first-order valence-corrected chi connectivity index (χ1v) is 6.07. The van der Waals surface area contributed by atoms with Gasteiger partial charge in [-0.25, -0.2) is 0 Å². The molecule has 14 heavy (non-hydrogen) atoms. The van der Waals surface area contributed by atoms with Crippen LogP contribution in [0.5, 0.6) is 0 Å². The minimum absolute atomic E-state index is 0.928. The summed E-state index contributed by atoms with van der Waals surface area (Å²) in [6.07, 6.45) is 8.60. The molecule has 0 saturated heterocycles. The average molecular weight is 188 g/mol. The van der Waals surface area contributed by atoms with Gasteiger partial charge in [0.15, 0.2) is 0 Å². The quantitative estimate of drug-likeness (QED) is 0.586. The van der Waals surface area contributed by atoms with Gasteiger partial charge in [-0.15, -0.1) is 0 Å². The highest BCUT2D eigenvalue weighted by molar-refractivity contribution is 5.20. The van der Waals surface area contributed by atoms with Gasteiger partial charge in [-0.2, -0.15) is 0 Å². The predicted molar refractivity (Wildman–Crippen MR) is 59.9 cm³/mol. The summed E-state index contributed by atoms with van der Waals surface area (Å²) in [6.45, 7) is 8.07. The number of allylic oxidation sites excluding steroid dienone is 2. The fraction of sp³-hybridized carbons (Fsp3) is 0.714. The zero-order valence-electron chi connectivity index (χ0n) is 8.97. The van der Waals surface area contributed by atoms with Crippen LogP contribution in [-0.4, -0.2) is 0 Å². The number of hydrogen-bond donors (Lipinski definition) is 0. The fourth-order valence-electron chi connectivity index (χ4n) is 3.08. The van der Waals surface area contributed by atoms with Crippen molar-refractivity contribution in [2.75, 3.05) is 0 Å². The molecular formula is C14H20. The molecule has 0 heteroatoms. The summed E-state index contributed by atoms with van der Waals surface area (Å²) in [5.41, 5.74) is 3.04. The van der Waals surface area contributed by atoms with Crippen LogP contribution in [0.3, 0.4) is 0 Å². The Kier molecular flexibility index (Phi) is 1.87. The third kappa shape index (κ3) is 1.67. The first-order valence-electron chi connectivity index (χ1n) is 6.07. The fourth-order valence-corrected chi connectivity index (χ4v) is 3.08. The van der Waals surface area contributed by atoms with E-state index in [-0.39, 0.29) is 0 Å². The molecule has 3 aliphatic rings. The van der Waals surface area contributed by atoms with E-state index in [2.05, 4.69) is 13.2 Å². The standard InChI is InChI=1S/C14H20/c1-9-3-13(9)7-11-5-12(6-11)8-14-4-10(14)2/h11-14H,1-8H2. The van der Waals surface area contributed by atoms with E-state index >= 15 is 0 Å². The summed E-state index contributed by atoms with van der Waals surface area (Å²) in [5, 5.41) is 0. The average Bonchev–Trinajstić information content (AvgIpc) is 2.92. The molecule has 2 atom stereocenters. The van der Waals surface area contributed by atoms with Crippen LogP contribution >= 0.6 is 0 Å². The van der Waals surface area contributed by atoms with Gasteiger partial charge in [0.25, 0.3) is 0 Å². The first kappa shape index (κ1) is 8.76. The van der Waals surface area contributed by atoms with Gasteiger partial charge >= 0.3 is 0 Å². The van der Waals surface area contributed by atoms with Gasteiger partial charge in [-0.1, -0.05) is 24.3 Å². The summed E-state index contributed by atoms with van der Waals surface area (Å²) in [5.74, 6) is 3.96. The summed E-state index contributed by atoms with van der Waals surface area (Å²) in [6, 6.07) is 0. The lowest BCUT2D eigenvalue weighted by molar-refractivity contribution is 0.161. The van der Waals surface area contributed by atoms with Crippen molar-refractivity contribution in [1.29, 1.82) is 0 Å². The topological polar surface area (TPSA) is 0 Å². The molecule has 0 radical (unpaired) electrons. The van der Waals surface area contributed by atoms with Crippen molar-refractivity contribution in [2.45, 2.75) is 38.5 Å². The summed E-state index contributed by atoms with van der Waals surface area (Å²) >= 11 is 0. The zero-order chi connectivity index (χ0) is 9.71. The van der Waals surface area contributed by atoms with Gasteiger partial charge in [0.1, 0.15) is 0 Å². The van der Waals surface area contributed by atoms with Crippen LogP contribution < -0.4 is 0 Å². The van der Waals surface area contributed by atoms with E-state index in [0.29, 0.717) is 0 Å².